The van der Waals surface area contributed by atoms with Crippen LogP contribution in [0.3, 0.4) is 0 Å². The fraction of sp³-hybridized carbons (Fsp3) is 0.444. The maximum absolute atomic E-state index is 14.5. The zero-order valence-electron chi connectivity index (χ0n) is 14.2. The first-order valence-corrected chi connectivity index (χ1v) is 8.57. The molecule has 1 aromatic carbocycles. The molecule has 0 unspecified atom stereocenters. The molecular formula is C18H18F2N2O4. The van der Waals surface area contributed by atoms with E-state index in [1.54, 1.807) is 11.5 Å². The first-order valence-electron chi connectivity index (χ1n) is 8.57. The van der Waals surface area contributed by atoms with Crippen molar-refractivity contribution in [3.8, 4) is 5.75 Å². The number of halogens is 2. The molecule has 0 atom stereocenters. The van der Waals surface area contributed by atoms with Crippen LogP contribution in [0.2, 0.25) is 0 Å². The summed E-state index contributed by atoms with van der Waals surface area (Å²) in [5.74, 6) is -3.71. The molecule has 1 aromatic heterocycles. The topological polar surface area (TPSA) is 83.5 Å². The Morgan fingerprint density at radius 2 is 2.08 bits per heavy atom. The quantitative estimate of drug-likeness (QED) is 0.654. The van der Waals surface area contributed by atoms with Gasteiger partial charge in [-0.3, -0.25) is 4.79 Å². The van der Waals surface area contributed by atoms with Gasteiger partial charge in [0.15, 0.2) is 11.6 Å². The average Bonchev–Trinajstić information content (AvgIpc) is 2.75. The number of rotatable bonds is 2. The molecule has 0 radical (unpaired) electrons. The van der Waals surface area contributed by atoms with Crippen molar-refractivity contribution in [2.24, 2.45) is 0 Å². The van der Waals surface area contributed by atoms with E-state index < -0.39 is 34.3 Å². The zero-order valence-corrected chi connectivity index (χ0v) is 14.2. The van der Waals surface area contributed by atoms with Crippen molar-refractivity contribution in [2.45, 2.75) is 38.1 Å². The van der Waals surface area contributed by atoms with E-state index in [9.17, 15) is 18.4 Å². The zero-order chi connectivity index (χ0) is 18.6. The lowest BCUT2D eigenvalue weighted by molar-refractivity contribution is 0.0521. The number of carbonyl (C=O) groups is 1. The van der Waals surface area contributed by atoms with Crippen LogP contribution < -0.4 is 15.9 Å². The van der Waals surface area contributed by atoms with Crippen LogP contribution in [-0.2, 0) is 10.3 Å². The van der Waals surface area contributed by atoms with Crippen LogP contribution in [0.15, 0.2) is 11.0 Å². The van der Waals surface area contributed by atoms with Crippen LogP contribution in [0, 0.1) is 11.6 Å². The number of nitrogen functional groups attached to an aromatic ring is 1. The predicted molar refractivity (Wildman–Crippen MR) is 90.4 cm³/mol. The summed E-state index contributed by atoms with van der Waals surface area (Å²) < 4.78 is 40.9. The van der Waals surface area contributed by atoms with Crippen molar-refractivity contribution in [3.63, 3.8) is 0 Å². The maximum atomic E-state index is 14.5. The van der Waals surface area contributed by atoms with Crippen LogP contribution in [0.1, 0.15) is 43.0 Å². The molecule has 1 fully saturated rings. The van der Waals surface area contributed by atoms with Crippen LogP contribution in [0.25, 0.3) is 10.9 Å². The summed E-state index contributed by atoms with van der Waals surface area (Å²) in [7, 11) is 0. The minimum absolute atomic E-state index is 0.0864. The average molecular weight is 364 g/mol. The fourth-order valence-electron chi connectivity index (χ4n) is 3.92. The second kappa shape index (κ2) is 5.69. The van der Waals surface area contributed by atoms with Gasteiger partial charge in [0.25, 0.3) is 0 Å². The Morgan fingerprint density at radius 3 is 2.69 bits per heavy atom. The SMILES string of the molecule is CCOC(=O)c1cn2c3c(c(F)c(F)c(N)c3c1=O)OCCC21CCC1. The van der Waals surface area contributed by atoms with Crippen LogP contribution in [0.4, 0.5) is 14.5 Å². The summed E-state index contributed by atoms with van der Waals surface area (Å²) in [5.41, 5.74) is 3.80. The van der Waals surface area contributed by atoms with Crippen LogP contribution in [0.5, 0.6) is 5.75 Å². The lowest BCUT2D eigenvalue weighted by atomic mass is 9.74. The Bertz CT molecular complexity index is 995. The number of fused-ring (bicyclic) bond motifs is 1. The van der Waals surface area contributed by atoms with Gasteiger partial charge in [-0.25, -0.2) is 9.18 Å². The molecule has 8 heteroatoms. The van der Waals surface area contributed by atoms with Gasteiger partial charge in [0.05, 0.1) is 24.3 Å². The Labute approximate surface area is 147 Å². The molecule has 2 aromatic rings. The minimum atomic E-state index is -1.35. The monoisotopic (exact) mass is 364 g/mol. The van der Waals surface area contributed by atoms with E-state index in [1.165, 1.54) is 6.20 Å². The van der Waals surface area contributed by atoms with Gasteiger partial charge in [-0.1, -0.05) is 0 Å². The highest BCUT2D eigenvalue weighted by Crippen LogP contribution is 2.48. The fourth-order valence-corrected chi connectivity index (χ4v) is 3.92. The summed E-state index contributed by atoms with van der Waals surface area (Å²) >= 11 is 0. The van der Waals surface area contributed by atoms with Gasteiger partial charge in [0.1, 0.15) is 11.1 Å². The largest absolute Gasteiger partial charge is 0.488 e. The maximum Gasteiger partial charge on any atom is 0.343 e. The van der Waals surface area contributed by atoms with E-state index in [0.717, 1.165) is 19.3 Å². The summed E-state index contributed by atoms with van der Waals surface area (Å²) in [4.78, 5) is 25.1. The first-order chi connectivity index (χ1) is 12.4. The van der Waals surface area contributed by atoms with Crippen molar-refractivity contribution < 1.29 is 23.0 Å². The number of nitrogens with two attached hydrogens (primary N) is 1. The Morgan fingerprint density at radius 1 is 1.35 bits per heavy atom. The van der Waals surface area contributed by atoms with Gasteiger partial charge in [-0.15, -0.1) is 0 Å². The second-order valence-corrected chi connectivity index (χ2v) is 6.73. The Hall–Kier alpha value is -2.64. The molecular weight excluding hydrogens is 346 g/mol. The van der Waals surface area contributed by atoms with E-state index >= 15 is 0 Å². The molecule has 0 bridgehead atoms. The molecule has 2 heterocycles. The molecule has 0 amide bonds. The third-order valence-electron chi connectivity index (χ3n) is 5.42. The molecule has 138 valence electrons. The lowest BCUT2D eigenvalue weighted by Gasteiger charge is -2.44. The standard InChI is InChI=1S/C18H18F2N2O4/c1-2-25-17(24)9-8-22-14-10(15(9)23)13(21)11(19)12(20)16(14)26-7-6-18(22)4-3-5-18/h8H,2-7,21H2,1H3. The summed E-state index contributed by atoms with van der Waals surface area (Å²) in [6.45, 7) is 1.89. The summed E-state index contributed by atoms with van der Waals surface area (Å²) in [6, 6.07) is 0. The van der Waals surface area contributed by atoms with Crippen molar-refractivity contribution in [1.82, 2.24) is 4.57 Å². The predicted octanol–water partition coefficient (Wildman–Crippen LogP) is 2.70. The number of carbonyl (C=O) groups excluding carboxylic acids is 1. The van der Waals surface area contributed by atoms with Crippen molar-refractivity contribution in [3.05, 3.63) is 33.6 Å². The molecule has 4 rings (SSSR count). The molecule has 6 nitrogen and oxygen atoms in total. The molecule has 2 N–H and O–H groups in total. The number of nitrogens with zero attached hydrogens (tertiary/aromatic N) is 1. The highest BCUT2D eigenvalue weighted by Gasteiger charge is 2.43. The summed E-state index contributed by atoms with van der Waals surface area (Å²) in [5, 5.41) is -0.238. The molecule has 26 heavy (non-hydrogen) atoms. The normalized spacial score (nSPS) is 17.5. The number of aromatic nitrogens is 1. The first kappa shape index (κ1) is 16.8. The van der Waals surface area contributed by atoms with E-state index in [1.807, 2.05) is 0 Å². The summed E-state index contributed by atoms with van der Waals surface area (Å²) in [6.07, 6.45) is 4.47. The van der Waals surface area contributed by atoms with Gasteiger partial charge < -0.3 is 19.8 Å². The number of esters is 1. The highest BCUT2D eigenvalue weighted by molar-refractivity contribution is 6.00. The Kier molecular flexibility index (Phi) is 3.68. The molecule has 1 aliphatic carbocycles. The van der Waals surface area contributed by atoms with Gasteiger partial charge in [0, 0.05) is 18.2 Å². The van der Waals surface area contributed by atoms with Crippen LogP contribution in [-0.4, -0.2) is 23.8 Å². The third-order valence-corrected chi connectivity index (χ3v) is 5.42. The van der Waals surface area contributed by atoms with E-state index in [-0.39, 0.29) is 35.4 Å². The van der Waals surface area contributed by atoms with E-state index in [0.29, 0.717) is 6.42 Å². The number of benzene rings is 1. The van der Waals surface area contributed by atoms with E-state index in [2.05, 4.69) is 0 Å². The molecule has 1 aliphatic heterocycles. The Balaban J connectivity index is 2.17. The number of anilines is 1. The number of pyridine rings is 1. The second-order valence-electron chi connectivity index (χ2n) is 6.73. The lowest BCUT2D eigenvalue weighted by Crippen LogP contribution is -2.42. The number of ether oxygens (including phenoxy) is 2. The molecule has 0 saturated heterocycles. The highest BCUT2D eigenvalue weighted by atomic mass is 19.2. The van der Waals surface area contributed by atoms with Crippen molar-refractivity contribution in [1.29, 1.82) is 0 Å². The third kappa shape index (κ3) is 2.07. The van der Waals surface area contributed by atoms with E-state index in [4.69, 9.17) is 15.2 Å². The number of hydrogen-bond acceptors (Lipinski definition) is 5. The van der Waals surface area contributed by atoms with Crippen LogP contribution >= 0.6 is 0 Å². The van der Waals surface area contributed by atoms with Gasteiger partial charge in [-0.05, 0) is 26.2 Å². The van der Waals surface area contributed by atoms with Gasteiger partial charge >= 0.3 is 5.97 Å². The van der Waals surface area contributed by atoms with Crippen molar-refractivity contribution >= 4 is 22.6 Å². The smallest absolute Gasteiger partial charge is 0.343 e. The minimum Gasteiger partial charge on any atom is -0.488 e. The van der Waals surface area contributed by atoms with Gasteiger partial charge in [0.2, 0.25) is 11.2 Å². The van der Waals surface area contributed by atoms with Gasteiger partial charge in [-0.2, -0.15) is 4.39 Å². The van der Waals surface area contributed by atoms with Crippen molar-refractivity contribution in [2.75, 3.05) is 18.9 Å². The molecule has 2 aliphatic rings. The number of hydrogen-bond donors (Lipinski definition) is 1. The molecule has 1 saturated carbocycles. The molecule has 1 spiro atoms.